The molecule has 0 atom stereocenters. The Kier molecular flexibility index (Phi) is 3.45. The molecular formula is C20H15NS. The lowest BCUT2D eigenvalue weighted by Gasteiger charge is -2.11. The van der Waals surface area contributed by atoms with Gasteiger partial charge in [-0.15, -0.1) is 0 Å². The molecule has 0 spiro atoms. The number of nitrogens with one attached hydrogen (secondary N) is 1. The summed E-state index contributed by atoms with van der Waals surface area (Å²) in [5.74, 6) is 0. The summed E-state index contributed by atoms with van der Waals surface area (Å²) in [4.78, 5) is 2.50. The summed E-state index contributed by atoms with van der Waals surface area (Å²) >= 11 is 1.78. The lowest BCUT2D eigenvalue weighted by atomic mass is 10.1. The minimum Gasteiger partial charge on any atom is -0.355 e. The van der Waals surface area contributed by atoms with Crippen molar-refractivity contribution in [2.45, 2.75) is 9.79 Å². The van der Waals surface area contributed by atoms with Crippen molar-refractivity contribution in [1.29, 1.82) is 0 Å². The van der Waals surface area contributed by atoms with Crippen LogP contribution in [-0.2, 0) is 0 Å². The second-order valence-corrected chi connectivity index (χ2v) is 6.36. The standard InChI is InChI=1S/C20H15NS/c1-2-7-17(8-3-1)22-18-13-12-16-11-10-15-6-4-5-9-19(15)21-20(16)14-18/h1-14,21H. The first kappa shape index (κ1) is 13.2. The van der Waals surface area contributed by atoms with Crippen molar-refractivity contribution in [1.82, 2.24) is 0 Å². The topological polar surface area (TPSA) is 12.0 Å². The number of rotatable bonds is 2. The van der Waals surface area contributed by atoms with Gasteiger partial charge in [-0.05, 0) is 41.5 Å². The fraction of sp³-hybridized carbons (Fsp3) is 0. The van der Waals surface area contributed by atoms with Crippen LogP contribution < -0.4 is 5.32 Å². The molecule has 1 aliphatic heterocycles. The lowest BCUT2D eigenvalue weighted by Crippen LogP contribution is -1.93. The maximum atomic E-state index is 3.55. The molecule has 3 aromatic rings. The molecule has 1 N–H and O–H groups in total. The van der Waals surface area contributed by atoms with Gasteiger partial charge in [-0.3, -0.25) is 0 Å². The van der Waals surface area contributed by atoms with E-state index < -0.39 is 0 Å². The zero-order valence-corrected chi connectivity index (χ0v) is 12.8. The van der Waals surface area contributed by atoms with E-state index in [1.165, 1.54) is 20.9 Å². The smallest absolute Gasteiger partial charge is 0.0469 e. The first-order valence-corrected chi connectivity index (χ1v) is 8.11. The first-order chi connectivity index (χ1) is 10.9. The van der Waals surface area contributed by atoms with Gasteiger partial charge in [-0.1, -0.05) is 66.4 Å². The Bertz CT molecular complexity index is 837. The van der Waals surface area contributed by atoms with Crippen molar-refractivity contribution in [2.24, 2.45) is 0 Å². The quantitative estimate of drug-likeness (QED) is 0.482. The monoisotopic (exact) mass is 301 g/mol. The second-order valence-electron chi connectivity index (χ2n) is 5.21. The third-order valence-electron chi connectivity index (χ3n) is 3.68. The Morgan fingerprint density at radius 2 is 1.32 bits per heavy atom. The fourth-order valence-electron chi connectivity index (χ4n) is 2.56. The second kappa shape index (κ2) is 5.74. The highest BCUT2D eigenvalue weighted by molar-refractivity contribution is 7.99. The average Bonchev–Trinajstić information content (AvgIpc) is 2.74. The van der Waals surface area contributed by atoms with E-state index in [0.29, 0.717) is 0 Å². The highest BCUT2D eigenvalue weighted by atomic mass is 32.2. The molecule has 1 heterocycles. The Morgan fingerprint density at radius 1 is 0.591 bits per heavy atom. The van der Waals surface area contributed by atoms with E-state index in [2.05, 4.69) is 84.2 Å². The normalized spacial score (nSPS) is 12.0. The third kappa shape index (κ3) is 2.66. The van der Waals surface area contributed by atoms with Crippen LogP contribution in [-0.4, -0.2) is 0 Å². The number of anilines is 2. The number of fused-ring (bicyclic) bond motifs is 2. The van der Waals surface area contributed by atoms with Crippen molar-refractivity contribution in [2.75, 3.05) is 5.32 Å². The molecule has 106 valence electrons. The molecule has 0 aromatic heterocycles. The van der Waals surface area contributed by atoms with Crippen LogP contribution in [0.4, 0.5) is 11.4 Å². The molecule has 0 fully saturated rings. The molecule has 3 aromatic carbocycles. The van der Waals surface area contributed by atoms with Crippen molar-refractivity contribution < 1.29 is 0 Å². The number of benzene rings is 3. The van der Waals surface area contributed by atoms with Crippen molar-refractivity contribution in [3.63, 3.8) is 0 Å². The van der Waals surface area contributed by atoms with Gasteiger partial charge in [0.1, 0.15) is 0 Å². The van der Waals surface area contributed by atoms with E-state index in [1.807, 2.05) is 6.07 Å². The molecule has 0 saturated heterocycles. The van der Waals surface area contributed by atoms with Crippen molar-refractivity contribution in [3.8, 4) is 0 Å². The van der Waals surface area contributed by atoms with E-state index in [0.717, 1.165) is 11.4 Å². The minimum atomic E-state index is 1.15. The van der Waals surface area contributed by atoms with E-state index in [4.69, 9.17) is 0 Å². The maximum absolute atomic E-state index is 3.55. The molecule has 22 heavy (non-hydrogen) atoms. The van der Waals surface area contributed by atoms with Crippen molar-refractivity contribution >= 4 is 35.3 Å². The van der Waals surface area contributed by atoms with Gasteiger partial charge in [-0.25, -0.2) is 0 Å². The summed E-state index contributed by atoms with van der Waals surface area (Å²) in [7, 11) is 0. The molecule has 0 radical (unpaired) electrons. The molecule has 0 amide bonds. The highest BCUT2D eigenvalue weighted by Crippen LogP contribution is 2.35. The van der Waals surface area contributed by atoms with Crippen LogP contribution in [0.1, 0.15) is 11.1 Å². The van der Waals surface area contributed by atoms with Gasteiger partial charge in [0.2, 0.25) is 0 Å². The predicted octanol–water partition coefficient (Wildman–Crippen LogP) is 6.07. The number of hydrogen-bond acceptors (Lipinski definition) is 2. The van der Waals surface area contributed by atoms with Gasteiger partial charge in [0.05, 0.1) is 0 Å². The van der Waals surface area contributed by atoms with Crippen LogP contribution in [0.15, 0.2) is 82.6 Å². The summed E-state index contributed by atoms with van der Waals surface area (Å²) in [6.07, 6.45) is 4.34. The van der Waals surface area contributed by atoms with Crippen LogP contribution in [0.25, 0.3) is 12.2 Å². The van der Waals surface area contributed by atoms with Crippen molar-refractivity contribution in [3.05, 3.63) is 83.9 Å². The molecule has 0 aliphatic carbocycles. The zero-order valence-electron chi connectivity index (χ0n) is 12.0. The SMILES string of the molecule is C1=Cc2ccc(Sc3ccccc3)cc2Nc2ccccc21. The highest BCUT2D eigenvalue weighted by Gasteiger charge is 2.09. The summed E-state index contributed by atoms with van der Waals surface area (Å²) < 4.78 is 0. The lowest BCUT2D eigenvalue weighted by molar-refractivity contribution is 1.39. The van der Waals surface area contributed by atoms with E-state index >= 15 is 0 Å². The summed E-state index contributed by atoms with van der Waals surface area (Å²) in [6, 6.07) is 25.4. The summed E-state index contributed by atoms with van der Waals surface area (Å²) in [6.45, 7) is 0. The van der Waals surface area contributed by atoms with Gasteiger partial charge in [0.25, 0.3) is 0 Å². The Balaban J connectivity index is 1.69. The zero-order chi connectivity index (χ0) is 14.8. The van der Waals surface area contributed by atoms with Gasteiger partial charge in [-0.2, -0.15) is 0 Å². The fourth-order valence-corrected chi connectivity index (χ4v) is 3.44. The van der Waals surface area contributed by atoms with Gasteiger partial charge >= 0.3 is 0 Å². The van der Waals surface area contributed by atoms with E-state index in [-0.39, 0.29) is 0 Å². The minimum absolute atomic E-state index is 1.15. The molecule has 2 heteroatoms. The van der Waals surface area contributed by atoms with Crippen LogP contribution in [0, 0.1) is 0 Å². The molecule has 1 nitrogen and oxygen atoms in total. The van der Waals surface area contributed by atoms with Crippen LogP contribution >= 0.6 is 11.8 Å². The molecule has 0 bridgehead atoms. The molecular weight excluding hydrogens is 286 g/mol. The number of para-hydroxylation sites is 1. The van der Waals surface area contributed by atoms with Crippen LogP contribution in [0.5, 0.6) is 0 Å². The largest absolute Gasteiger partial charge is 0.355 e. The molecule has 0 saturated carbocycles. The van der Waals surface area contributed by atoms with Gasteiger partial charge < -0.3 is 5.32 Å². The van der Waals surface area contributed by atoms with Gasteiger partial charge in [0, 0.05) is 21.2 Å². The Hall–Kier alpha value is -2.45. The predicted molar refractivity (Wildman–Crippen MR) is 95.7 cm³/mol. The summed E-state index contributed by atoms with van der Waals surface area (Å²) in [5.41, 5.74) is 4.74. The Labute approximate surface area is 134 Å². The van der Waals surface area contributed by atoms with E-state index in [1.54, 1.807) is 11.8 Å². The Morgan fingerprint density at radius 3 is 2.18 bits per heavy atom. The third-order valence-corrected chi connectivity index (χ3v) is 4.67. The summed E-state index contributed by atoms with van der Waals surface area (Å²) in [5, 5.41) is 3.55. The van der Waals surface area contributed by atoms with Gasteiger partial charge in [0.15, 0.2) is 0 Å². The molecule has 1 aliphatic rings. The first-order valence-electron chi connectivity index (χ1n) is 7.29. The van der Waals surface area contributed by atoms with E-state index in [9.17, 15) is 0 Å². The van der Waals surface area contributed by atoms with Crippen LogP contribution in [0.3, 0.4) is 0 Å². The maximum Gasteiger partial charge on any atom is 0.0469 e. The van der Waals surface area contributed by atoms with Crippen LogP contribution in [0.2, 0.25) is 0 Å². The molecule has 0 unspecified atom stereocenters. The molecule has 4 rings (SSSR count). The average molecular weight is 301 g/mol. The number of hydrogen-bond donors (Lipinski definition) is 1.